The molecule has 0 heterocycles. The number of ether oxygens (including phenoxy) is 2. The molecule has 4 rings (SSSR count). The van der Waals surface area contributed by atoms with Gasteiger partial charge in [-0.25, -0.2) is 4.39 Å². The molecule has 3 heteroatoms. The highest BCUT2D eigenvalue weighted by Gasteiger charge is 2.36. The second kappa shape index (κ2) is 11.5. The summed E-state index contributed by atoms with van der Waals surface area (Å²) in [5.74, 6) is 8.56. The van der Waals surface area contributed by atoms with E-state index in [-0.39, 0.29) is 5.82 Å². The van der Waals surface area contributed by atoms with Crippen LogP contribution < -0.4 is 4.74 Å². The zero-order chi connectivity index (χ0) is 23.0. The summed E-state index contributed by atoms with van der Waals surface area (Å²) >= 11 is 0. The van der Waals surface area contributed by atoms with Gasteiger partial charge in [0.25, 0.3) is 0 Å². The zero-order valence-corrected chi connectivity index (χ0v) is 19.9. The first-order valence-corrected chi connectivity index (χ1v) is 12.4. The van der Waals surface area contributed by atoms with Crippen LogP contribution in [0.2, 0.25) is 0 Å². The highest BCUT2D eigenvalue weighted by Crippen LogP contribution is 2.46. The second-order valence-corrected chi connectivity index (χ2v) is 9.31. The molecule has 0 radical (unpaired) electrons. The van der Waals surface area contributed by atoms with Crippen LogP contribution in [0.5, 0.6) is 5.75 Å². The predicted octanol–water partition coefficient (Wildman–Crippen LogP) is 7.27. The van der Waals surface area contributed by atoms with Gasteiger partial charge in [0.1, 0.15) is 18.2 Å². The lowest BCUT2D eigenvalue weighted by molar-refractivity contribution is -0.00955. The lowest BCUT2D eigenvalue weighted by atomic mass is 9.65. The van der Waals surface area contributed by atoms with Gasteiger partial charge in [-0.05, 0) is 100.0 Å². The van der Waals surface area contributed by atoms with Crippen LogP contribution in [-0.2, 0) is 4.74 Å². The Hall–Kier alpha value is -2.57. The van der Waals surface area contributed by atoms with E-state index in [0.29, 0.717) is 29.9 Å². The van der Waals surface area contributed by atoms with Crippen molar-refractivity contribution in [2.75, 3.05) is 13.2 Å². The van der Waals surface area contributed by atoms with Gasteiger partial charge in [0.2, 0.25) is 0 Å². The van der Waals surface area contributed by atoms with Gasteiger partial charge >= 0.3 is 0 Å². The van der Waals surface area contributed by atoms with E-state index in [1.807, 2.05) is 19.1 Å². The fraction of sp³-hybridized carbons (Fsp3) is 0.467. The third-order valence-electron chi connectivity index (χ3n) is 7.21. The fourth-order valence-electron chi connectivity index (χ4n) is 5.44. The minimum atomic E-state index is -0.354. The SMILES string of the molecule is C/C=C/COc1ccc(C#Cc2ccc(C3CCC4CC(OCC)CCC4C3)cc2)c(F)c1. The molecule has 0 aliphatic heterocycles. The summed E-state index contributed by atoms with van der Waals surface area (Å²) in [5, 5.41) is 0. The Morgan fingerprint density at radius 2 is 1.76 bits per heavy atom. The van der Waals surface area contributed by atoms with Crippen molar-refractivity contribution in [1.82, 2.24) is 0 Å². The first kappa shape index (κ1) is 23.6. The van der Waals surface area contributed by atoms with Crippen LogP contribution in [0.25, 0.3) is 0 Å². The number of halogens is 1. The van der Waals surface area contributed by atoms with Gasteiger partial charge in [0, 0.05) is 18.2 Å². The van der Waals surface area contributed by atoms with Crippen molar-refractivity contribution in [3.05, 3.63) is 77.1 Å². The highest BCUT2D eigenvalue weighted by atomic mass is 19.1. The maximum atomic E-state index is 14.4. The minimum absolute atomic E-state index is 0.354. The van der Waals surface area contributed by atoms with E-state index in [9.17, 15) is 4.39 Å². The monoisotopic (exact) mass is 446 g/mol. The van der Waals surface area contributed by atoms with Crippen molar-refractivity contribution in [3.8, 4) is 17.6 Å². The Morgan fingerprint density at radius 1 is 0.970 bits per heavy atom. The van der Waals surface area contributed by atoms with Crippen LogP contribution in [-0.4, -0.2) is 19.3 Å². The number of allylic oxidation sites excluding steroid dienone is 1. The summed E-state index contributed by atoms with van der Waals surface area (Å²) in [6.45, 7) is 5.30. The highest BCUT2D eigenvalue weighted by molar-refractivity contribution is 5.46. The summed E-state index contributed by atoms with van der Waals surface area (Å²) in [5.41, 5.74) is 2.72. The third kappa shape index (κ3) is 6.27. The molecule has 2 aliphatic carbocycles. The van der Waals surface area contributed by atoms with Crippen molar-refractivity contribution in [2.45, 2.75) is 64.4 Å². The Bertz CT molecular complexity index is 998. The number of hydrogen-bond acceptors (Lipinski definition) is 2. The zero-order valence-electron chi connectivity index (χ0n) is 19.9. The molecule has 0 amide bonds. The Labute approximate surface area is 198 Å². The molecule has 0 spiro atoms. The molecular formula is C30H35FO2. The second-order valence-electron chi connectivity index (χ2n) is 9.31. The number of benzene rings is 2. The lowest BCUT2D eigenvalue weighted by Crippen LogP contribution is -2.33. The molecule has 2 nitrogen and oxygen atoms in total. The van der Waals surface area contributed by atoms with Gasteiger partial charge in [0.05, 0.1) is 11.7 Å². The summed E-state index contributed by atoms with van der Waals surface area (Å²) in [4.78, 5) is 0. The first-order chi connectivity index (χ1) is 16.2. The quantitative estimate of drug-likeness (QED) is 0.343. The fourth-order valence-corrected chi connectivity index (χ4v) is 5.44. The van der Waals surface area contributed by atoms with E-state index in [1.165, 1.54) is 50.2 Å². The molecular weight excluding hydrogens is 411 g/mol. The molecule has 2 saturated carbocycles. The van der Waals surface area contributed by atoms with Crippen molar-refractivity contribution in [3.63, 3.8) is 0 Å². The molecule has 2 aliphatic rings. The first-order valence-electron chi connectivity index (χ1n) is 12.4. The standard InChI is InChI=1S/C30H35FO2/c1-3-5-18-33-29-16-14-24(30(31)21-29)11-8-22-6-9-23(10-7-22)25-12-13-27-20-28(32-4-2)17-15-26(27)19-25/h3,5-7,9-10,14,16,21,25-28H,4,12-13,15,17-20H2,1-2H3/b5-3+. The summed E-state index contributed by atoms with van der Waals surface area (Å²) in [7, 11) is 0. The molecule has 174 valence electrons. The molecule has 0 saturated heterocycles. The van der Waals surface area contributed by atoms with Crippen molar-refractivity contribution in [1.29, 1.82) is 0 Å². The molecule has 4 unspecified atom stereocenters. The number of fused-ring (bicyclic) bond motifs is 1. The predicted molar refractivity (Wildman–Crippen MR) is 132 cm³/mol. The van der Waals surface area contributed by atoms with E-state index >= 15 is 0 Å². The maximum Gasteiger partial charge on any atom is 0.142 e. The van der Waals surface area contributed by atoms with E-state index < -0.39 is 0 Å². The van der Waals surface area contributed by atoms with Crippen molar-refractivity contribution >= 4 is 0 Å². The van der Waals surface area contributed by atoms with E-state index in [4.69, 9.17) is 9.47 Å². The van der Waals surface area contributed by atoms with Gasteiger partial charge < -0.3 is 9.47 Å². The molecule has 2 aromatic carbocycles. The van der Waals surface area contributed by atoms with Gasteiger partial charge in [-0.2, -0.15) is 0 Å². The molecule has 0 aromatic heterocycles. The van der Waals surface area contributed by atoms with Gasteiger partial charge in [-0.15, -0.1) is 0 Å². The lowest BCUT2D eigenvalue weighted by Gasteiger charge is -2.42. The number of rotatable bonds is 6. The van der Waals surface area contributed by atoms with Crippen LogP contribution in [0.15, 0.2) is 54.6 Å². The normalized spacial score (nSPS) is 24.7. The Morgan fingerprint density at radius 3 is 2.52 bits per heavy atom. The molecule has 0 N–H and O–H groups in total. The maximum absolute atomic E-state index is 14.4. The molecule has 4 atom stereocenters. The van der Waals surface area contributed by atoms with Gasteiger partial charge in [0.15, 0.2) is 0 Å². The average Bonchev–Trinajstić information content (AvgIpc) is 2.84. The summed E-state index contributed by atoms with van der Waals surface area (Å²) in [6, 6.07) is 13.4. The molecule has 0 bridgehead atoms. The van der Waals surface area contributed by atoms with E-state index in [0.717, 1.165) is 24.0 Å². The van der Waals surface area contributed by atoms with Crippen LogP contribution >= 0.6 is 0 Å². The van der Waals surface area contributed by atoms with E-state index in [2.05, 4.69) is 43.0 Å². The Balaban J connectivity index is 1.35. The van der Waals surface area contributed by atoms with Crippen molar-refractivity contribution in [2.24, 2.45) is 11.8 Å². The van der Waals surface area contributed by atoms with Crippen LogP contribution in [0.1, 0.15) is 75.0 Å². The van der Waals surface area contributed by atoms with Crippen LogP contribution in [0.3, 0.4) is 0 Å². The van der Waals surface area contributed by atoms with E-state index in [1.54, 1.807) is 12.1 Å². The van der Waals surface area contributed by atoms with Crippen LogP contribution in [0, 0.1) is 29.5 Å². The smallest absolute Gasteiger partial charge is 0.142 e. The molecule has 2 fully saturated rings. The largest absolute Gasteiger partial charge is 0.489 e. The third-order valence-corrected chi connectivity index (χ3v) is 7.21. The van der Waals surface area contributed by atoms with Crippen molar-refractivity contribution < 1.29 is 13.9 Å². The van der Waals surface area contributed by atoms with Crippen LogP contribution in [0.4, 0.5) is 4.39 Å². The summed E-state index contributed by atoms with van der Waals surface area (Å²) in [6.07, 6.45) is 11.9. The summed E-state index contributed by atoms with van der Waals surface area (Å²) < 4.78 is 25.7. The van der Waals surface area contributed by atoms with Gasteiger partial charge in [-0.3, -0.25) is 0 Å². The minimum Gasteiger partial charge on any atom is -0.489 e. The molecule has 33 heavy (non-hydrogen) atoms. The van der Waals surface area contributed by atoms with Gasteiger partial charge in [-0.1, -0.05) is 36.1 Å². The Kier molecular flexibility index (Phi) is 8.24. The number of hydrogen-bond donors (Lipinski definition) is 0. The molecule has 2 aromatic rings. The topological polar surface area (TPSA) is 18.5 Å². The average molecular weight is 447 g/mol.